The number of likely N-dealkylation sites (tertiary alicyclic amines) is 1. The van der Waals surface area contributed by atoms with Gasteiger partial charge >= 0.3 is 12.0 Å². The second kappa shape index (κ2) is 6.58. The Balaban J connectivity index is 2.37. The number of rotatable bonds is 5. The molecule has 2 amide bonds. The van der Waals surface area contributed by atoms with Crippen LogP contribution in [0.15, 0.2) is 0 Å². The summed E-state index contributed by atoms with van der Waals surface area (Å²) in [4.78, 5) is 26.6. The molecule has 1 saturated heterocycles. The molecule has 0 spiro atoms. The molecule has 0 aromatic heterocycles. The third-order valence-electron chi connectivity index (χ3n) is 3.64. The maximum atomic E-state index is 11.9. The second-order valence-electron chi connectivity index (χ2n) is 4.80. The fourth-order valence-corrected chi connectivity index (χ4v) is 2.17. The highest BCUT2D eigenvalue weighted by molar-refractivity contribution is 5.78. The third kappa shape index (κ3) is 3.60. The molecule has 1 rings (SSSR count). The maximum Gasteiger partial charge on any atom is 0.317 e. The van der Waals surface area contributed by atoms with E-state index in [1.54, 1.807) is 11.8 Å². The van der Waals surface area contributed by atoms with Gasteiger partial charge in [-0.2, -0.15) is 0 Å². The second-order valence-corrected chi connectivity index (χ2v) is 4.80. The fraction of sp³-hybridized carbons (Fsp3) is 0.833. The Kier molecular flexibility index (Phi) is 5.40. The monoisotopic (exact) mass is 257 g/mol. The number of hydrogen-bond donors (Lipinski definition) is 2. The molecule has 2 atom stereocenters. The summed E-state index contributed by atoms with van der Waals surface area (Å²) in [5, 5.41) is 11.8. The van der Waals surface area contributed by atoms with Crippen molar-refractivity contribution in [3.63, 3.8) is 0 Å². The first-order valence-corrected chi connectivity index (χ1v) is 6.43. The molecule has 0 aromatic rings. The zero-order valence-electron chi connectivity index (χ0n) is 11.3. The number of nitrogens with zero attached hydrogens (tertiary/aromatic N) is 2. The average molecular weight is 257 g/mol. The first-order valence-electron chi connectivity index (χ1n) is 6.43. The van der Waals surface area contributed by atoms with E-state index in [-0.39, 0.29) is 12.1 Å². The molecule has 0 saturated carbocycles. The van der Waals surface area contributed by atoms with E-state index in [0.717, 1.165) is 13.1 Å². The Hall–Kier alpha value is -1.30. The van der Waals surface area contributed by atoms with Gasteiger partial charge in [-0.25, -0.2) is 4.79 Å². The van der Waals surface area contributed by atoms with Crippen LogP contribution < -0.4 is 5.32 Å². The number of carbonyl (C=O) groups is 2. The van der Waals surface area contributed by atoms with Gasteiger partial charge in [-0.05, 0) is 26.9 Å². The molecule has 0 radical (unpaired) electrons. The van der Waals surface area contributed by atoms with Gasteiger partial charge in [-0.15, -0.1) is 0 Å². The van der Waals surface area contributed by atoms with Gasteiger partial charge in [0, 0.05) is 25.7 Å². The number of urea groups is 1. The highest BCUT2D eigenvalue weighted by Gasteiger charge is 2.37. The van der Waals surface area contributed by atoms with Crippen molar-refractivity contribution in [1.82, 2.24) is 15.1 Å². The van der Waals surface area contributed by atoms with E-state index in [4.69, 9.17) is 5.11 Å². The summed E-state index contributed by atoms with van der Waals surface area (Å²) in [7, 11) is 1.99. The molecular weight excluding hydrogens is 234 g/mol. The molecule has 0 aliphatic carbocycles. The molecular formula is C12H23N3O3. The Labute approximate surface area is 108 Å². The molecule has 1 fully saturated rings. The van der Waals surface area contributed by atoms with Crippen LogP contribution in [0.25, 0.3) is 0 Å². The van der Waals surface area contributed by atoms with Crippen LogP contribution in [0.3, 0.4) is 0 Å². The number of nitrogens with one attached hydrogen (secondary N) is 1. The zero-order valence-corrected chi connectivity index (χ0v) is 11.3. The average Bonchev–Trinajstić information content (AvgIpc) is 2.70. The Morgan fingerprint density at radius 2 is 2.17 bits per heavy atom. The maximum absolute atomic E-state index is 11.9. The van der Waals surface area contributed by atoms with Crippen molar-refractivity contribution in [3.8, 4) is 0 Å². The van der Waals surface area contributed by atoms with Crippen LogP contribution in [0.5, 0.6) is 0 Å². The van der Waals surface area contributed by atoms with Crippen LogP contribution in [-0.2, 0) is 4.79 Å². The number of carbonyl (C=O) groups excluding carboxylic acids is 1. The lowest BCUT2D eigenvalue weighted by atomic mass is 10.0. The van der Waals surface area contributed by atoms with Gasteiger partial charge in [0.25, 0.3) is 0 Å². The number of amides is 2. The predicted octanol–water partition coefficient (Wildman–Crippen LogP) is 0.443. The van der Waals surface area contributed by atoms with Gasteiger partial charge in [0.05, 0.1) is 5.92 Å². The lowest BCUT2D eigenvalue weighted by Crippen LogP contribution is -2.45. The standard InChI is InChI=1S/C12H23N3O3/c1-4-14(3)8-6-13-12(18)15-7-5-10(9(15)2)11(16)17/h9-10H,4-8H2,1-3H3,(H,13,18)(H,16,17). The Morgan fingerprint density at radius 3 is 2.67 bits per heavy atom. The van der Waals surface area contributed by atoms with Crippen molar-refractivity contribution < 1.29 is 14.7 Å². The van der Waals surface area contributed by atoms with E-state index in [1.807, 2.05) is 7.05 Å². The van der Waals surface area contributed by atoms with Crippen LogP contribution in [-0.4, -0.2) is 66.2 Å². The van der Waals surface area contributed by atoms with Crippen molar-refractivity contribution in [1.29, 1.82) is 0 Å². The van der Waals surface area contributed by atoms with Crippen LogP contribution in [0, 0.1) is 5.92 Å². The lowest BCUT2D eigenvalue weighted by Gasteiger charge is -2.24. The highest BCUT2D eigenvalue weighted by atomic mass is 16.4. The molecule has 1 aliphatic rings. The molecule has 0 bridgehead atoms. The van der Waals surface area contributed by atoms with E-state index < -0.39 is 11.9 Å². The lowest BCUT2D eigenvalue weighted by molar-refractivity contribution is -0.142. The van der Waals surface area contributed by atoms with E-state index in [0.29, 0.717) is 19.5 Å². The molecule has 1 aliphatic heterocycles. The summed E-state index contributed by atoms with van der Waals surface area (Å²) in [6.45, 7) is 6.70. The van der Waals surface area contributed by atoms with Gasteiger partial charge in [-0.1, -0.05) is 6.92 Å². The number of carboxylic acid groups (broad SMARTS) is 1. The van der Waals surface area contributed by atoms with Crippen LogP contribution in [0.4, 0.5) is 4.79 Å². The molecule has 6 nitrogen and oxygen atoms in total. The minimum absolute atomic E-state index is 0.157. The van der Waals surface area contributed by atoms with E-state index in [9.17, 15) is 9.59 Å². The third-order valence-corrected chi connectivity index (χ3v) is 3.64. The first kappa shape index (κ1) is 14.8. The first-order chi connectivity index (χ1) is 8.47. The van der Waals surface area contributed by atoms with Crippen molar-refractivity contribution >= 4 is 12.0 Å². The minimum Gasteiger partial charge on any atom is -0.481 e. The molecule has 2 N–H and O–H groups in total. The molecule has 6 heteroatoms. The molecule has 104 valence electrons. The normalized spacial score (nSPS) is 23.4. The van der Waals surface area contributed by atoms with Gasteiger partial charge in [0.15, 0.2) is 0 Å². The van der Waals surface area contributed by atoms with E-state index >= 15 is 0 Å². The fourth-order valence-electron chi connectivity index (χ4n) is 2.17. The smallest absolute Gasteiger partial charge is 0.317 e. The summed E-state index contributed by atoms with van der Waals surface area (Å²) >= 11 is 0. The van der Waals surface area contributed by atoms with Crippen LogP contribution in [0.1, 0.15) is 20.3 Å². The molecule has 0 aromatic carbocycles. The number of carboxylic acids is 1. The van der Waals surface area contributed by atoms with Crippen molar-refractivity contribution in [2.45, 2.75) is 26.3 Å². The summed E-state index contributed by atoms with van der Waals surface area (Å²) in [6, 6.07) is -0.387. The predicted molar refractivity (Wildman–Crippen MR) is 68.5 cm³/mol. The van der Waals surface area contributed by atoms with Crippen molar-refractivity contribution in [2.24, 2.45) is 5.92 Å². The summed E-state index contributed by atoms with van der Waals surface area (Å²) < 4.78 is 0. The molecule has 2 unspecified atom stereocenters. The number of hydrogen-bond acceptors (Lipinski definition) is 3. The quantitative estimate of drug-likeness (QED) is 0.749. The van der Waals surface area contributed by atoms with Crippen molar-refractivity contribution in [3.05, 3.63) is 0 Å². The summed E-state index contributed by atoms with van der Waals surface area (Å²) in [5.74, 6) is -1.25. The van der Waals surface area contributed by atoms with E-state index in [1.165, 1.54) is 0 Å². The van der Waals surface area contributed by atoms with Crippen molar-refractivity contribution in [2.75, 3.05) is 33.2 Å². The summed E-state index contributed by atoms with van der Waals surface area (Å²) in [5.41, 5.74) is 0. The Morgan fingerprint density at radius 1 is 1.50 bits per heavy atom. The highest BCUT2D eigenvalue weighted by Crippen LogP contribution is 2.23. The SMILES string of the molecule is CCN(C)CCNC(=O)N1CCC(C(=O)O)C1C. The largest absolute Gasteiger partial charge is 0.481 e. The van der Waals surface area contributed by atoms with Gasteiger partial charge < -0.3 is 20.2 Å². The Bertz CT molecular complexity index is 309. The topological polar surface area (TPSA) is 72.9 Å². The molecule has 1 heterocycles. The summed E-state index contributed by atoms with van der Waals surface area (Å²) in [6.07, 6.45) is 0.540. The number of aliphatic carboxylic acids is 1. The minimum atomic E-state index is -0.816. The van der Waals surface area contributed by atoms with Gasteiger partial charge in [0.2, 0.25) is 0 Å². The van der Waals surface area contributed by atoms with E-state index in [2.05, 4.69) is 17.1 Å². The van der Waals surface area contributed by atoms with Crippen LogP contribution >= 0.6 is 0 Å². The number of likely N-dealkylation sites (N-methyl/N-ethyl adjacent to an activating group) is 1. The van der Waals surface area contributed by atoms with Gasteiger partial charge in [0.1, 0.15) is 0 Å². The van der Waals surface area contributed by atoms with Gasteiger partial charge in [-0.3, -0.25) is 4.79 Å². The molecule has 18 heavy (non-hydrogen) atoms. The zero-order chi connectivity index (χ0) is 13.7. The van der Waals surface area contributed by atoms with Crippen LogP contribution in [0.2, 0.25) is 0 Å².